The highest BCUT2D eigenvalue weighted by Crippen LogP contribution is 2.31. The van der Waals surface area contributed by atoms with Crippen molar-refractivity contribution in [3.05, 3.63) is 73.1 Å². The molecule has 0 fully saturated rings. The number of hydrogen-bond acceptors (Lipinski definition) is 5. The van der Waals surface area contributed by atoms with Crippen LogP contribution in [0.2, 0.25) is 5.02 Å². The Bertz CT molecular complexity index is 1040. The molecule has 6 nitrogen and oxygen atoms in total. The van der Waals surface area contributed by atoms with Crippen LogP contribution in [-0.4, -0.2) is 15.8 Å². The van der Waals surface area contributed by atoms with Gasteiger partial charge in [-0.05, 0) is 44.0 Å². The van der Waals surface area contributed by atoms with Gasteiger partial charge in [0.05, 0.1) is 10.6 Å². The van der Waals surface area contributed by atoms with Crippen LogP contribution in [0, 0.1) is 30.9 Å². The fraction of sp³-hybridized carbons (Fsp3) is 0.158. The van der Waals surface area contributed by atoms with Gasteiger partial charge in [0.1, 0.15) is 5.56 Å². The van der Waals surface area contributed by atoms with Gasteiger partial charge in [-0.25, -0.2) is 4.98 Å². The fourth-order valence-electron chi connectivity index (χ4n) is 3.04. The first-order valence-corrected chi connectivity index (χ1v) is 9.31. The van der Waals surface area contributed by atoms with Crippen LogP contribution in [0.5, 0.6) is 0 Å². The number of thiazole rings is 1. The van der Waals surface area contributed by atoms with Crippen molar-refractivity contribution >= 4 is 39.7 Å². The number of aromatic nitrogens is 1. The Morgan fingerprint density at radius 2 is 1.85 bits per heavy atom. The van der Waals surface area contributed by atoms with Crippen molar-refractivity contribution in [2.45, 2.75) is 20.8 Å². The van der Waals surface area contributed by atoms with Crippen LogP contribution in [0.1, 0.15) is 27.0 Å². The molecular weight excluding hydrogens is 386 g/mol. The highest BCUT2D eigenvalue weighted by molar-refractivity contribution is 7.14. The number of halogens is 1. The van der Waals surface area contributed by atoms with Crippen LogP contribution in [0.25, 0.3) is 11.3 Å². The lowest BCUT2D eigenvalue weighted by Gasteiger charge is -2.08. The first-order chi connectivity index (χ1) is 12.8. The monoisotopic (exact) mass is 401 g/mol. The molecule has 0 atom stereocenters. The van der Waals surface area contributed by atoms with Crippen molar-refractivity contribution in [1.29, 1.82) is 0 Å². The molecule has 1 aromatic heterocycles. The standard InChI is InChI=1S/C19H16ClN3O3S/c1-10-6-11(2)17(12(3)7-10)15-9-27-19(21-15)22-18(24)14-8-13(20)4-5-16(14)23(25)26/h4-9H,1-3H3,(H,21,22,24). The van der Waals surface area contributed by atoms with Gasteiger partial charge in [0.2, 0.25) is 0 Å². The number of nitro benzene ring substituents is 1. The van der Waals surface area contributed by atoms with E-state index < -0.39 is 10.8 Å². The predicted octanol–water partition coefficient (Wildman–Crippen LogP) is 5.55. The molecule has 1 amide bonds. The number of benzene rings is 2. The third kappa shape index (κ3) is 3.99. The van der Waals surface area contributed by atoms with Crippen molar-refractivity contribution in [3.63, 3.8) is 0 Å². The molecule has 1 N–H and O–H groups in total. The minimum atomic E-state index is -0.623. The van der Waals surface area contributed by atoms with Gasteiger partial charge >= 0.3 is 0 Å². The van der Waals surface area contributed by atoms with E-state index in [1.165, 1.54) is 35.1 Å². The van der Waals surface area contributed by atoms with Gasteiger partial charge in [0.15, 0.2) is 5.13 Å². The van der Waals surface area contributed by atoms with E-state index in [0.29, 0.717) is 5.13 Å². The molecule has 0 saturated carbocycles. The maximum absolute atomic E-state index is 12.5. The second-order valence-corrected chi connectivity index (χ2v) is 7.48. The molecule has 3 aromatic rings. The summed E-state index contributed by atoms with van der Waals surface area (Å²) in [6.07, 6.45) is 0. The fourth-order valence-corrected chi connectivity index (χ4v) is 3.91. The van der Waals surface area contributed by atoms with Crippen molar-refractivity contribution in [3.8, 4) is 11.3 Å². The van der Waals surface area contributed by atoms with Crippen molar-refractivity contribution < 1.29 is 9.72 Å². The topological polar surface area (TPSA) is 85.1 Å². The Morgan fingerprint density at radius 1 is 1.19 bits per heavy atom. The predicted molar refractivity (Wildman–Crippen MR) is 108 cm³/mol. The van der Waals surface area contributed by atoms with Crippen LogP contribution >= 0.6 is 22.9 Å². The zero-order chi connectivity index (χ0) is 19.7. The van der Waals surface area contributed by atoms with E-state index in [1.54, 1.807) is 0 Å². The van der Waals surface area contributed by atoms with Gasteiger partial charge < -0.3 is 0 Å². The van der Waals surface area contributed by atoms with E-state index in [9.17, 15) is 14.9 Å². The third-order valence-electron chi connectivity index (χ3n) is 4.06. The molecule has 1 heterocycles. The number of carbonyl (C=O) groups is 1. The summed E-state index contributed by atoms with van der Waals surface area (Å²) in [6, 6.07) is 8.02. The molecule has 0 spiro atoms. The number of hydrogen-bond donors (Lipinski definition) is 1. The number of nitrogens with zero attached hydrogens (tertiary/aromatic N) is 2. The van der Waals surface area contributed by atoms with Crippen LogP contribution in [0.3, 0.4) is 0 Å². The zero-order valence-corrected chi connectivity index (χ0v) is 16.4. The van der Waals surface area contributed by atoms with Gasteiger partial charge in [-0.3, -0.25) is 20.2 Å². The molecule has 0 unspecified atom stereocenters. The SMILES string of the molecule is Cc1cc(C)c(-c2csc(NC(=O)c3cc(Cl)ccc3[N+](=O)[O-])n2)c(C)c1. The second kappa shape index (κ2) is 7.46. The molecular formula is C19H16ClN3O3S. The van der Waals surface area contributed by atoms with Gasteiger partial charge in [-0.1, -0.05) is 29.3 Å². The van der Waals surface area contributed by atoms with Crippen LogP contribution < -0.4 is 5.32 Å². The van der Waals surface area contributed by atoms with Gasteiger partial charge in [0.25, 0.3) is 11.6 Å². The number of nitrogens with one attached hydrogen (secondary N) is 1. The van der Waals surface area contributed by atoms with Crippen LogP contribution in [0.15, 0.2) is 35.7 Å². The second-order valence-electron chi connectivity index (χ2n) is 6.18. The summed E-state index contributed by atoms with van der Waals surface area (Å²) in [6.45, 7) is 6.07. The minimum Gasteiger partial charge on any atom is -0.298 e. The molecule has 0 saturated heterocycles. The van der Waals surface area contributed by atoms with E-state index in [-0.39, 0.29) is 16.3 Å². The summed E-state index contributed by atoms with van der Waals surface area (Å²) in [5, 5.41) is 16.2. The Labute approximate surface area is 165 Å². The molecule has 0 aliphatic heterocycles. The van der Waals surface area contributed by atoms with Crippen molar-refractivity contribution in [2.75, 3.05) is 5.32 Å². The first kappa shape index (κ1) is 19.0. The zero-order valence-electron chi connectivity index (χ0n) is 14.9. The number of amides is 1. The Hall–Kier alpha value is -2.77. The lowest BCUT2D eigenvalue weighted by Crippen LogP contribution is -2.13. The number of anilines is 1. The van der Waals surface area contributed by atoms with E-state index in [1.807, 2.05) is 26.2 Å². The average molecular weight is 402 g/mol. The molecule has 0 radical (unpaired) electrons. The van der Waals surface area contributed by atoms with Gasteiger partial charge in [-0.2, -0.15) is 0 Å². The van der Waals surface area contributed by atoms with E-state index in [2.05, 4.69) is 22.4 Å². The number of carbonyl (C=O) groups excluding carboxylic acids is 1. The van der Waals surface area contributed by atoms with E-state index in [0.717, 1.165) is 22.4 Å². The molecule has 2 aromatic carbocycles. The van der Waals surface area contributed by atoms with Crippen LogP contribution in [0.4, 0.5) is 10.8 Å². The summed E-state index contributed by atoms with van der Waals surface area (Å²) in [7, 11) is 0. The Morgan fingerprint density at radius 3 is 2.48 bits per heavy atom. The van der Waals surface area contributed by atoms with Gasteiger partial charge in [-0.15, -0.1) is 11.3 Å². The lowest BCUT2D eigenvalue weighted by molar-refractivity contribution is -0.385. The molecule has 0 aliphatic rings. The number of aryl methyl sites for hydroxylation is 3. The highest BCUT2D eigenvalue weighted by atomic mass is 35.5. The smallest absolute Gasteiger partial charge is 0.282 e. The van der Waals surface area contributed by atoms with Crippen molar-refractivity contribution in [1.82, 2.24) is 4.98 Å². The molecule has 0 bridgehead atoms. The maximum atomic E-state index is 12.5. The van der Waals surface area contributed by atoms with Crippen LogP contribution in [-0.2, 0) is 0 Å². The molecule has 3 rings (SSSR count). The molecule has 138 valence electrons. The lowest BCUT2D eigenvalue weighted by atomic mass is 9.98. The minimum absolute atomic E-state index is 0.105. The quantitative estimate of drug-likeness (QED) is 0.458. The summed E-state index contributed by atoms with van der Waals surface area (Å²) >= 11 is 7.15. The first-order valence-electron chi connectivity index (χ1n) is 8.05. The van der Waals surface area contributed by atoms with E-state index >= 15 is 0 Å². The molecule has 27 heavy (non-hydrogen) atoms. The van der Waals surface area contributed by atoms with E-state index in [4.69, 9.17) is 11.6 Å². The number of nitro groups is 1. The molecule has 0 aliphatic carbocycles. The summed E-state index contributed by atoms with van der Waals surface area (Å²) in [5.74, 6) is -0.623. The largest absolute Gasteiger partial charge is 0.298 e. The van der Waals surface area contributed by atoms with Gasteiger partial charge in [0, 0.05) is 22.0 Å². The summed E-state index contributed by atoms with van der Waals surface area (Å²) in [5.41, 5.74) is 4.73. The average Bonchev–Trinajstić information content (AvgIpc) is 3.01. The normalized spacial score (nSPS) is 10.7. The Balaban J connectivity index is 1.90. The maximum Gasteiger partial charge on any atom is 0.282 e. The Kier molecular flexibility index (Phi) is 5.25. The summed E-state index contributed by atoms with van der Waals surface area (Å²) in [4.78, 5) is 27.5. The molecule has 8 heteroatoms. The summed E-state index contributed by atoms with van der Waals surface area (Å²) < 4.78 is 0. The third-order valence-corrected chi connectivity index (χ3v) is 5.05. The highest BCUT2D eigenvalue weighted by Gasteiger charge is 2.21. The number of rotatable bonds is 4. The van der Waals surface area contributed by atoms with Crippen molar-refractivity contribution in [2.24, 2.45) is 0 Å².